The summed E-state index contributed by atoms with van der Waals surface area (Å²) in [6.45, 7) is 7.10. The molecule has 1 aliphatic rings. The molecule has 5 atom stereocenters. The van der Waals surface area contributed by atoms with Crippen LogP contribution in [0.25, 0.3) is 0 Å². The van der Waals surface area contributed by atoms with E-state index in [1.807, 2.05) is 0 Å². The first-order chi connectivity index (χ1) is 22.3. The quantitative estimate of drug-likeness (QED) is 0.0476. The van der Waals surface area contributed by atoms with Gasteiger partial charge in [-0.1, -0.05) is 104 Å². The topological polar surface area (TPSA) is 135 Å². The van der Waals surface area contributed by atoms with Gasteiger partial charge in [-0.15, -0.1) is 0 Å². The molecule has 2 rings (SSSR count). The van der Waals surface area contributed by atoms with Crippen molar-refractivity contribution in [3.63, 3.8) is 0 Å². The van der Waals surface area contributed by atoms with Gasteiger partial charge in [-0.05, 0) is 50.8 Å². The Morgan fingerprint density at radius 2 is 1.57 bits per heavy atom. The van der Waals surface area contributed by atoms with E-state index >= 15 is 0 Å². The summed E-state index contributed by atoms with van der Waals surface area (Å²) in [5.74, 6) is 1.32. The number of hydrogen-bond donors (Lipinski definition) is 2. The predicted octanol–water partition coefficient (Wildman–Crippen LogP) is 8.17. The van der Waals surface area contributed by atoms with Crippen LogP contribution in [0.15, 0.2) is 17.1 Å². The number of unbranched alkanes of at least 4 members (excludes halogenated alkanes) is 13. The van der Waals surface area contributed by atoms with Gasteiger partial charge in [0.15, 0.2) is 0 Å². The Morgan fingerprint density at radius 1 is 0.957 bits per heavy atom. The van der Waals surface area contributed by atoms with E-state index in [1.165, 1.54) is 119 Å². The molecule has 0 amide bonds. The second-order valence-corrected chi connectivity index (χ2v) is 15.5. The molecule has 47 heavy (non-hydrogen) atoms. The molecule has 2 heterocycles. The third-order valence-electron chi connectivity index (χ3n) is 8.54. The minimum absolute atomic E-state index is 0. The summed E-state index contributed by atoms with van der Waals surface area (Å²) in [6, 6.07) is 1.53. The second kappa shape index (κ2) is 27.7. The van der Waals surface area contributed by atoms with Crippen molar-refractivity contribution in [1.82, 2.24) is 9.55 Å². The summed E-state index contributed by atoms with van der Waals surface area (Å²) in [6.07, 6.45) is 23.4. The van der Waals surface area contributed by atoms with E-state index in [1.54, 1.807) is 0 Å². The number of hydrogen-bond acceptors (Lipinski definition) is 9. The van der Waals surface area contributed by atoms with Crippen molar-refractivity contribution < 1.29 is 28.0 Å². The average Bonchev–Trinajstić information content (AvgIpc) is 3.50. The van der Waals surface area contributed by atoms with Crippen molar-refractivity contribution in [2.45, 2.75) is 166 Å². The first kappa shape index (κ1) is 45.1. The normalized spacial score (nSPS) is 18.9. The zero-order chi connectivity index (χ0) is 33.5. The Balaban J connectivity index is 0.0000110. The number of nitrogens with zero attached hydrogens (tertiary/aromatic N) is 2. The van der Waals surface area contributed by atoms with Gasteiger partial charge in [0.1, 0.15) is 12.0 Å². The summed E-state index contributed by atoms with van der Waals surface area (Å²) >= 11 is 2.06. The Morgan fingerprint density at radius 3 is 2.21 bits per heavy atom. The molecule has 1 aromatic heterocycles. The molecule has 1 saturated heterocycles. The standard InChI is InChI=1S/C34H64N3O7PS.Na.H/c1-4-6-8-10-11-12-13-14-16-18-27-46-31(20-17-15-9-7-5-2)29(3)41-25-19-26-42-45(39,40)43-28-30-21-22-33(44-30)37-24-23-32(35)36-34(37)38;;/h23-24,29-31,33H,4-22,25-28H2,1-3H3,(H,39,40)(H2,35,36,38);;/t29?,30-,31?,33+;;/m0../s1. The summed E-state index contributed by atoms with van der Waals surface area (Å²) in [7, 11) is -4.23. The van der Waals surface area contributed by atoms with Crippen molar-refractivity contribution in [3.05, 3.63) is 22.7 Å². The van der Waals surface area contributed by atoms with Crippen LogP contribution < -0.4 is 11.4 Å². The van der Waals surface area contributed by atoms with E-state index in [0.29, 0.717) is 31.1 Å². The number of ether oxygens (including phenoxy) is 2. The molecule has 0 radical (unpaired) electrons. The molecule has 0 aliphatic carbocycles. The van der Waals surface area contributed by atoms with Gasteiger partial charge in [-0.2, -0.15) is 16.7 Å². The van der Waals surface area contributed by atoms with Gasteiger partial charge in [0.2, 0.25) is 0 Å². The van der Waals surface area contributed by atoms with Gasteiger partial charge in [0, 0.05) is 18.1 Å². The van der Waals surface area contributed by atoms with Gasteiger partial charge >= 0.3 is 43.1 Å². The Bertz CT molecular complexity index is 1020. The molecular weight excluding hydrogens is 648 g/mol. The van der Waals surface area contributed by atoms with Crippen molar-refractivity contribution in [1.29, 1.82) is 0 Å². The van der Waals surface area contributed by atoms with E-state index in [0.717, 1.165) is 6.42 Å². The Kier molecular flexibility index (Phi) is 26.6. The van der Waals surface area contributed by atoms with Crippen LogP contribution in [-0.2, 0) is 23.1 Å². The molecular formula is C34H65N3NaO7PS. The van der Waals surface area contributed by atoms with Crippen molar-refractivity contribution in [3.8, 4) is 0 Å². The second-order valence-electron chi connectivity index (χ2n) is 12.7. The van der Waals surface area contributed by atoms with Crippen LogP contribution in [-0.4, -0.2) is 87.0 Å². The van der Waals surface area contributed by atoms with Crippen LogP contribution in [0.4, 0.5) is 5.82 Å². The van der Waals surface area contributed by atoms with Crippen LogP contribution >= 0.6 is 19.6 Å². The van der Waals surface area contributed by atoms with E-state index < -0.39 is 25.8 Å². The van der Waals surface area contributed by atoms with Crippen molar-refractivity contribution in [2.75, 3.05) is 31.3 Å². The molecule has 3 N–H and O–H groups in total. The number of aromatic nitrogens is 2. The van der Waals surface area contributed by atoms with Gasteiger partial charge in [0.05, 0.1) is 25.4 Å². The van der Waals surface area contributed by atoms with E-state index in [4.69, 9.17) is 24.3 Å². The SMILES string of the molecule is CCCCCCCCCCCCSC(CCCCCCC)C(C)OCCCOP(=O)(O)OC[C@@H]1CC[C@H](n2ccc(N)nc2=O)O1.[NaH]. The number of anilines is 1. The van der Waals surface area contributed by atoms with Crippen LogP contribution in [0.5, 0.6) is 0 Å². The Labute approximate surface area is 311 Å². The molecule has 0 spiro atoms. The van der Waals surface area contributed by atoms with Gasteiger partial charge in [0.25, 0.3) is 0 Å². The van der Waals surface area contributed by atoms with Crippen LogP contribution in [0.2, 0.25) is 0 Å². The zero-order valence-corrected chi connectivity index (χ0v) is 30.7. The summed E-state index contributed by atoms with van der Waals surface area (Å²) in [5, 5.41) is 0.462. The maximum absolute atomic E-state index is 12.4. The molecule has 13 heteroatoms. The number of phosphoric acid groups is 1. The zero-order valence-electron chi connectivity index (χ0n) is 29.0. The fourth-order valence-corrected chi connectivity index (χ4v) is 7.86. The van der Waals surface area contributed by atoms with E-state index in [-0.39, 0.29) is 54.7 Å². The first-order valence-electron chi connectivity index (χ1n) is 18.1. The number of nitrogen functional groups attached to an aromatic ring is 1. The molecule has 10 nitrogen and oxygen atoms in total. The van der Waals surface area contributed by atoms with Crippen LogP contribution in [0, 0.1) is 0 Å². The molecule has 1 aliphatic heterocycles. The van der Waals surface area contributed by atoms with Crippen LogP contribution in [0.1, 0.15) is 149 Å². The van der Waals surface area contributed by atoms with E-state index in [9.17, 15) is 14.3 Å². The van der Waals surface area contributed by atoms with E-state index in [2.05, 4.69) is 37.5 Å². The number of phosphoric ester groups is 1. The fourth-order valence-electron chi connectivity index (χ4n) is 5.72. The minimum atomic E-state index is -4.23. The first-order valence-corrected chi connectivity index (χ1v) is 20.6. The third kappa shape index (κ3) is 21.1. The fraction of sp³-hybridized carbons (Fsp3) is 0.882. The third-order valence-corrected chi connectivity index (χ3v) is 11.1. The number of rotatable bonds is 29. The summed E-state index contributed by atoms with van der Waals surface area (Å²) < 4.78 is 36.2. The Hall–Kier alpha value is 0.0600. The monoisotopic (exact) mass is 713 g/mol. The van der Waals surface area contributed by atoms with Gasteiger partial charge in [-0.25, -0.2) is 9.36 Å². The van der Waals surface area contributed by atoms with Gasteiger partial charge in [-0.3, -0.25) is 13.6 Å². The maximum atomic E-state index is 12.4. The molecule has 1 aromatic rings. The molecule has 0 aromatic carbocycles. The predicted molar refractivity (Wildman–Crippen MR) is 196 cm³/mol. The summed E-state index contributed by atoms with van der Waals surface area (Å²) in [4.78, 5) is 25.9. The number of thioether (sulfide) groups is 1. The average molecular weight is 714 g/mol. The van der Waals surface area contributed by atoms with Crippen molar-refractivity contribution >= 4 is 55.0 Å². The molecule has 1 fully saturated rings. The van der Waals surface area contributed by atoms with Crippen molar-refractivity contribution in [2.24, 2.45) is 0 Å². The number of nitrogens with two attached hydrogens (primary N) is 1. The van der Waals surface area contributed by atoms with Gasteiger partial charge < -0.3 is 20.1 Å². The molecule has 3 unspecified atom stereocenters. The summed E-state index contributed by atoms with van der Waals surface area (Å²) in [5.41, 5.74) is 5.05. The molecule has 0 saturated carbocycles. The molecule has 0 bridgehead atoms. The van der Waals surface area contributed by atoms with Crippen LogP contribution in [0.3, 0.4) is 0 Å². The molecule has 270 valence electrons.